The van der Waals surface area contributed by atoms with Gasteiger partial charge in [0, 0.05) is 25.7 Å². The number of nitrogens with zero attached hydrogens (tertiary/aromatic N) is 1. The van der Waals surface area contributed by atoms with E-state index in [1.54, 1.807) is 0 Å². The molecule has 1 aromatic carbocycles. The van der Waals surface area contributed by atoms with E-state index in [1.165, 1.54) is 24.0 Å². The van der Waals surface area contributed by atoms with Gasteiger partial charge in [-0.1, -0.05) is 6.07 Å². The van der Waals surface area contributed by atoms with Crippen molar-refractivity contribution in [3.05, 3.63) is 29.3 Å². The molecule has 2 rings (SSSR count). The summed E-state index contributed by atoms with van der Waals surface area (Å²) in [5.41, 5.74) is 2.46. The number of hydrogen-bond donors (Lipinski definition) is 2. The van der Waals surface area contributed by atoms with Gasteiger partial charge >= 0.3 is 0 Å². The minimum Gasteiger partial charge on any atom is -0.492 e. The van der Waals surface area contributed by atoms with Crippen LogP contribution in [0.5, 0.6) is 5.75 Å². The van der Waals surface area contributed by atoms with Crippen LogP contribution in [0.15, 0.2) is 18.2 Å². The highest BCUT2D eigenvalue weighted by Crippen LogP contribution is 2.16. The molecule has 4 heteroatoms. The molecule has 0 bridgehead atoms. The van der Waals surface area contributed by atoms with Crippen molar-refractivity contribution in [2.75, 3.05) is 39.4 Å². The van der Waals surface area contributed by atoms with Gasteiger partial charge in [0.1, 0.15) is 12.4 Å². The Morgan fingerprint density at radius 2 is 2.00 bits per heavy atom. The van der Waals surface area contributed by atoms with Crippen molar-refractivity contribution in [3.63, 3.8) is 0 Å². The van der Waals surface area contributed by atoms with E-state index in [9.17, 15) is 5.11 Å². The molecule has 1 aliphatic heterocycles. The third kappa shape index (κ3) is 5.65. The molecule has 1 saturated heterocycles. The minimum absolute atomic E-state index is 0.205. The Labute approximate surface area is 128 Å². The molecule has 1 aromatic rings. The second-order valence-corrected chi connectivity index (χ2v) is 5.99. The molecule has 1 heterocycles. The van der Waals surface area contributed by atoms with Crippen LogP contribution >= 0.6 is 0 Å². The van der Waals surface area contributed by atoms with Crippen molar-refractivity contribution in [1.29, 1.82) is 0 Å². The van der Waals surface area contributed by atoms with Gasteiger partial charge in [-0.25, -0.2) is 0 Å². The summed E-state index contributed by atoms with van der Waals surface area (Å²) < 4.78 is 5.87. The molecule has 4 nitrogen and oxygen atoms in total. The van der Waals surface area contributed by atoms with Crippen LogP contribution < -0.4 is 10.1 Å². The summed E-state index contributed by atoms with van der Waals surface area (Å²) in [6.45, 7) is 8.73. The number of aliphatic hydroxyl groups excluding tert-OH is 1. The number of rotatable bonds is 8. The van der Waals surface area contributed by atoms with Gasteiger partial charge in [0.2, 0.25) is 0 Å². The second kappa shape index (κ2) is 8.37. The molecule has 1 atom stereocenters. The molecule has 0 radical (unpaired) electrons. The molecule has 0 amide bonds. The van der Waals surface area contributed by atoms with Gasteiger partial charge in [-0.2, -0.15) is 0 Å². The predicted molar refractivity (Wildman–Crippen MR) is 86.0 cm³/mol. The lowest BCUT2D eigenvalue weighted by Crippen LogP contribution is -2.40. The molecule has 21 heavy (non-hydrogen) atoms. The Hall–Kier alpha value is -1.10. The van der Waals surface area contributed by atoms with Gasteiger partial charge in [-0.3, -0.25) is 4.90 Å². The monoisotopic (exact) mass is 292 g/mol. The molecule has 0 aromatic heterocycles. The summed E-state index contributed by atoms with van der Waals surface area (Å²) in [6.07, 6.45) is 2.50. The number of hydrogen-bond acceptors (Lipinski definition) is 4. The van der Waals surface area contributed by atoms with E-state index in [0.29, 0.717) is 19.2 Å². The molecule has 1 aliphatic rings. The molecule has 0 aliphatic carbocycles. The van der Waals surface area contributed by atoms with Crippen LogP contribution in [-0.4, -0.2) is 55.4 Å². The van der Waals surface area contributed by atoms with Gasteiger partial charge < -0.3 is 15.2 Å². The highest BCUT2D eigenvalue weighted by molar-refractivity contribution is 5.32. The normalized spacial score (nSPS) is 18.4. The predicted octanol–water partition coefficient (Wildman–Crippen LogP) is 1.73. The first-order valence-electron chi connectivity index (χ1n) is 7.95. The molecule has 1 unspecified atom stereocenters. The zero-order valence-corrected chi connectivity index (χ0v) is 13.3. The lowest BCUT2D eigenvalue weighted by Gasteiger charge is -2.24. The third-order valence-corrected chi connectivity index (χ3v) is 3.93. The lowest BCUT2D eigenvalue weighted by molar-refractivity contribution is 0.159. The molecular weight excluding hydrogens is 264 g/mol. The maximum Gasteiger partial charge on any atom is 0.119 e. The van der Waals surface area contributed by atoms with Crippen LogP contribution in [0.2, 0.25) is 0 Å². The second-order valence-electron chi connectivity index (χ2n) is 5.99. The number of aryl methyl sites for hydroxylation is 2. The largest absolute Gasteiger partial charge is 0.492 e. The molecule has 1 fully saturated rings. The van der Waals surface area contributed by atoms with Crippen LogP contribution in [0.3, 0.4) is 0 Å². The van der Waals surface area contributed by atoms with E-state index < -0.39 is 0 Å². The fourth-order valence-electron chi connectivity index (χ4n) is 2.97. The van der Waals surface area contributed by atoms with Crippen LogP contribution in [0.25, 0.3) is 0 Å². The SMILES string of the molecule is Cc1cc(C)cc(OCCN(CCO)CC2CCCN2)c1. The van der Waals surface area contributed by atoms with Crippen molar-refractivity contribution in [1.82, 2.24) is 10.2 Å². The van der Waals surface area contributed by atoms with E-state index >= 15 is 0 Å². The molecule has 0 spiro atoms. The van der Waals surface area contributed by atoms with Crippen LogP contribution in [-0.2, 0) is 0 Å². The number of ether oxygens (including phenoxy) is 1. The van der Waals surface area contributed by atoms with Gasteiger partial charge in [0.15, 0.2) is 0 Å². The lowest BCUT2D eigenvalue weighted by atomic mass is 10.1. The number of aliphatic hydroxyl groups is 1. The average molecular weight is 292 g/mol. The standard InChI is InChI=1S/C17H28N2O2/c1-14-10-15(2)12-17(11-14)21-9-7-19(6-8-20)13-16-4-3-5-18-16/h10-12,16,18,20H,3-9,13H2,1-2H3. The Bertz CT molecular complexity index is 411. The van der Waals surface area contributed by atoms with Gasteiger partial charge in [0.25, 0.3) is 0 Å². The quantitative estimate of drug-likeness (QED) is 0.766. The number of nitrogens with one attached hydrogen (secondary N) is 1. The van der Waals surface area contributed by atoms with Crippen molar-refractivity contribution in [2.24, 2.45) is 0 Å². The van der Waals surface area contributed by atoms with Crippen LogP contribution in [0.1, 0.15) is 24.0 Å². The Morgan fingerprint density at radius 3 is 2.62 bits per heavy atom. The van der Waals surface area contributed by atoms with E-state index in [4.69, 9.17) is 4.74 Å². The van der Waals surface area contributed by atoms with Gasteiger partial charge in [-0.05, 0) is 56.5 Å². The smallest absolute Gasteiger partial charge is 0.119 e. The van der Waals surface area contributed by atoms with Gasteiger partial charge in [0.05, 0.1) is 6.61 Å². The van der Waals surface area contributed by atoms with Crippen molar-refractivity contribution in [3.8, 4) is 5.75 Å². The molecule has 2 N–H and O–H groups in total. The summed E-state index contributed by atoms with van der Waals surface area (Å²) in [7, 11) is 0. The highest BCUT2D eigenvalue weighted by atomic mass is 16.5. The van der Waals surface area contributed by atoms with E-state index in [1.807, 2.05) is 0 Å². The highest BCUT2D eigenvalue weighted by Gasteiger charge is 2.17. The van der Waals surface area contributed by atoms with E-state index in [-0.39, 0.29) is 6.61 Å². The van der Waals surface area contributed by atoms with Gasteiger partial charge in [-0.15, -0.1) is 0 Å². The molecule has 0 saturated carbocycles. The summed E-state index contributed by atoms with van der Waals surface area (Å²) >= 11 is 0. The minimum atomic E-state index is 0.205. The van der Waals surface area contributed by atoms with E-state index in [0.717, 1.165) is 25.4 Å². The van der Waals surface area contributed by atoms with Crippen molar-refractivity contribution >= 4 is 0 Å². The Kier molecular flexibility index (Phi) is 6.49. The zero-order chi connectivity index (χ0) is 15.1. The third-order valence-electron chi connectivity index (χ3n) is 3.93. The maximum absolute atomic E-state index is 9.20. The maximum atomic E-state index is 9.20. The number of benzene rings is 1. The van der Waals surface area contributed by atoms with Crippen molar-refractivity contribution in [2.45, 2.75) is 32.7 Å². The Balaban J connectivity index is 1.77. The summed E-state index contributed by atoms with van der Waals surface area (Å²) in [5, 5.41) is 12.7. The summed E-state index contributed by atoms with van der Waals surface area (Å²) in [5.74, 6) is 0.940. The first kappa shape index (κ1) is 16.3. The van der Waals surface area contributed by atoms with E-state index in [2.05, 4.69) is 42.3 Å². The summed E-state index contributed by atoms with van der Waals surface area (Å²) in [4.78, 5) is 2.28. The molecule has 118 valence electrons. The molecular formula is C17H28N2O2. The average Bonchev–Trinajstić information content (AvgIpc) is 2.90. The topological polar surface area (TPSA) is 44.7 Å². The van der Waals surface area contributed by atoms with Crippen LogP contribution in [0.4, 0.5) is 0 Å². The first-order chi connectivity index (χ1) is 10.2. The first-order valence-corrected chi connectivity index (χ1v) is 7.95. The summed E-state index contributed by atoms with van der Waals surface area (Å²) in [6, 6.07) is 6.86. The fraction of sp³-hybridized carbons (Fsp3) is 0.647. The Morgan fingerprint density at radius 1 is 1.24 bits per heavy atom. The zero-order valence-electron chi connectivity index (χ0n) is 13.3. The van der Waals surface area contributed by atoms with Crippen LogP contribution in [0, 0.1) is 13.8 Å². The fourth-order valence-corrected chi connectivity index (χ4v) is 2.97. The van der Waals surface area contributed by atoms with Crippen molar-refractivity contribution < 1.29 is 9.84 Å².